The molecule has 0 saturated heterocycles. The van der Waals surface area contributed by atoms with Crippen LogP contribution in [0.1, 0.15) is 27.2 Å². The maximum Gasteiger partial charge on any atom is 0.411 e. The van der Waals surface area contributed by atoms with Gasteiger partial charge in [-0.3, -0.25) is 5.32 Å². The zero-order chi connectivity index (χ0) is 23.3. The fraction of sp³-hybridized carbons (Fsp3) is 0.227. The molecule has 3 N–H and O–H groups in total. The number of amides is 1. The van der Waals surface area contributed by atoms with Crippen molar-refractivity contribution >= 4 is 46.7 Å². The Bertz CT molecular complexity index is 1110. The third kappa shape index (κ3) is 6.96. The van der Waals surface area contributed by atoms with Crippen LogP contribution in [0.5, 0.6) is 0 Å². The van der Waals surface area contributed by atoms with Gasteiger partial charge in [0.15, 0.2) is 11.6 Å². The first-order chi connectivity index (χ1) is 15.1. The van der Waals surface area contributed by atoms with Crippen molar-refractivity contribution < 1.29 is 13.9 Å². The van der Waals surface area contributed by atoms with E-state index in [1.54, 1.807) is 51.2 Å². The molecule has 1 amide bonds. The minimum Gasteiger partial charge on any atom is -0.444 e. The number of alkyl carbamates (subject to hydrolysis) is 1. The molecular weight excluding hydrogens is 456 g/mol. The highest BCUT2D eigenvalue weighted by Crippen LogP contribution is 2.27. The van der Waals surface area contributed by atoms with Crippen LogP contribution in [0, 0.1) is 5.82 Å². The number of allylic oxidation sites excluding steroid dienone is 4. The molecule has 0 radical (unpaired) electrons. The molecule has 168 valence electrons. The maximum absolute atomic E-state index is 14.2. The Kier molecular flexibility index (Phi) is 7.37. The van der Waals surface area contributed by atoms with Crippen LogP contribution in [0.25, 0.3) is 0 Å². The lowest BCUT2D eigenvalue weighted by Crippen LogP contribution is -2.29. The monoisotopic (exact) mass is 477 g/mol. The summed E-state index contributed by atoms with van der Waals surface area (Å²) >= 11 is 11.9. The van der Waals surface area contributed by atoms with Crippen LogP contribution in [0.3, 0.4) is 0 Å². The number of carbonyl (C=O) groups excluding carboxylic acids is 1. The summed E-state index contributed by atoms with van der Waals surface area (Å²) in [5, 5.41) is 9.23. The van der Waals surface area contributed by atoms with E-state index in [0.717, 1.165) is 17.5 Å². The van der Waals surface area contributed by atoms with Crippen LogP contribution < -0.4 is 16.0 Å². The molecule has 1 aromatic carbocycles. The Morgan fingerprint density at radius 3 is 2.62 bits per heavy atom. The van der Waals surface area contributed by atoms with Crippen molar-refractivity contribution in [3.8, 4) is 0 Å². The van der Waals surface area contributed by atoms with Crippen molar-refractivity contribution in [2.75, 3.05) is 10.6 Å². The lowest BCUT2D eigenvalue weighted by Gasteiger charge is -2.19. The summed E-state index contributed by atoms with van der Waals surface area (Å²) in [6.45, 7) is 5.39. The molecule has 0 atom stereocenters. The smallest absolute Gasteiger partial charge is 0.411 e. The van der Waals surface area contributed by atoms with Crippen LogP contribution in [-0.4, -0.2) is 21.7 Å². The number of hydrogen-bond donors (Lipinski definition) is 3. The number of hydrogen-bond acceptors (Lipinski definition) is 6. The van der Waals surface area contributed by atoms with Gasteiger partial charge in [0, 0.05) is 17.6 Å². The molecule has 0 fully saturated rings. The highest BCUT2D eigenvalue weighted by atomic mass is 35.5. The van der Waals surface area contributed by atoms with Crippen LogP contribution in [0.4, 0.5) is 26.6 Å². The van der Waals surface area contributed by atoms with E-state index in [0.29, 0.717) is 22.2 Å². The second-order valence-electron chi connectivity index (χ2n) is 7.83. The molecule has 2 aromatic rings. The predicted molar refractivity (Wildman–Crippen MR) is 125 cm³/mol. The molecule has 1 aliphatic carbocycles. The van der Waals surface area contributed by atoms with E-state index < -0.39 is 17.5 Å². The van der Waals surface area contributed by atoms with Gasteiger partial charge < -0.3 is 15.4 Å². The number of anilines is 3. The SMILES string of the molecule is CC(C)(C)OC(=O)NC=C1C=CC(Nc2ncc(F)c(Nc3ccc(Cl)c(Cl)c3)n2)=CC1. The predicted octanol–water partition coefficient (Wildman–Crippen LogP) is 6.33. The summed E-state index contributed by atoms with van der Waals surface area (Å²) in [4.78, 5) is 19.9. The Labute approximate surface area is 195 Å². The minimum atomic E-state index is -0.617. The van der Waals surface area contributed by atoms with Crippen molar-refractivity contribution in [2.45, 2.75) is 32.8 Å². The third-order valence-electron chi connectivity index (χ3n) is 3.99. The summed E-state index contributed by atoms with van der Waals surface area (Å²) < 4.78 is 19.4. The Balaban J connectivity index is 1.61. The lowest BCUT2D eigenvalue weighted by atomic mass is 10.1. The van der Waals surface area contributed by atoms with Gasteiger partial charge in [-0.15, -0.1) is 0 Å². The van der Waals surface area contributed by atoms with Crippen LogP contribution in [0.15, 0.2) is 60.1 Å². The Morgan fingerprint density at radius 2 is 1.97 bits per heavy atom. The van der Waals surface area contributed by atoms with E-state index in [9.17, 15) is 9.18 Å². The minimum absolute atomic E-state index is 0.0107. The van der Waals surface area contributed by atoms with Crippen molar-refractivity contribution in [1.82, 2.24) is 15.3 Å². The fourth-order valence-corrected chi connectivity index (χ4v) is 2.87. The summed E-state index contributed by atoms with van der Waals surface area (Å²) in [6.07, 6.45) is 8.21. The molecule has 1 aromatic heterocycles. The zero-order valence-electron chi connectivity index (χ0n) is 17.7. The van der Waals surface area contributed by atoms with Crippen LogP contribution >= 0.6 is 23.2 Å². The molecule has 10 heteroatoms. The van der Waals surface area contributed by atoms with Gasteiger partial charge in [-0.2, -0.15) is 4.98 Å². The summed E-state index contributed by atoms with van der Waals surface area (Å²) in [5.74, 6) is -0.416. The first-order valence-electron chi connectivity index (χ1n) is 9.67. The lowest BCUT2D eigenvalue weighted by molar-refractivity contribution is 0.0552. The number of carbonyl (C=O) groups is 1. The summed E-state index contributed by atoms with van der Waals surface area (Å²) in [7, 11) is 0. The standard InChI is InChI=1S/C22H22Cl2FN5O2/c1-22(2,3)32-21(31)27-11-13-4-6-14(7-5-13)29-20-26-12-18(25)19(30-20)28-15-8-9-16(23)17(24)10-15/h4,6-12H,5H2,1-3H3,(H,27,31)(H2,26,28,29,30). The molecule has 1 heterocycles. The number of nitrogens with one attached hydrogen (secondary N) is 3. The topological polar surface area (TPSA) is 88.2 Å². The Morgan fingerprint density at radius 1 is 1.19 bits per heavy atom. The van der Waals surface area contributed by atoms with E-state index in [-0.39, 0.29) is 11.8 Å². The van der Waals surface area contributed by atoms with E-state index in [2.05, 4.69) is 25.9 Å². The van der Waals surface area contributed by atoms with Crippen molar-refractivity contribution in [2.24, 2.45) is 0 Å². The molecule has 0 bridgehead atoms. The number of rotatable bonds is 5. The third-order valence-corrected chi connectivity index (χ3v) is 4.73. The van der Waals surface area contributed by atoms with Gasteiger partial charge in [0.25, 0.3) is 0 Å². The Hall–Kier alpha value is -3.10. The molecule has 32 heavy (non-hydrogen) atoms. The first kappa shape index (κ1) is 23.6. The zero-order valence-corrected chi connectivity index (χ0v) is 19.2. The van der Waals surface area contributed by atoms with Crippen LogP contribution in [0.2, 0.25) is 10.0 Å². The van der Waals surface area contributed by atoms with Gasteiger partial charge in [-0.1, -0.05) is 35.4 Å². The molecule has 3 rings (SSSR count). The molecule has 0 spiro atoms. The second-order valence-corrected chi connectivity index (χ2v) is 8.65. The number of nitrogens with zero attached hydrogens (tertiary/aromatic N) is 2. The van der Waals surface area contributed by atoms with Gasteiger partial charge in [-0.05, 0) is 57.0 Å². The average Bonchev–Trinajstić information content (AvgIpc) is 2.71. The molecule has 0 saturated carbocycles. The van der Waals surface area contributed by atoms with Gasteiger partial charge in [0.2, 0.25) is 5.95 Å². The van der Waals surface area contributed by atoms with Gasteiger partial charge >= 0.3 is 6.09 Å². The van der Waals surface area contributed by atoms with E-state index in [1.807, 2.05) is 12.2 Å². The molecule has 7 nitrogen and oxygen atoms in total. The molecular formula is C22H22Cl2FN5O2. The fourth-order valence-electron chi connectivity index (χ4n) is 2.57. The normalized spacial score (nSPS) is 14.7. The average molecular weight is 478 g/mol. The largest absolute Gasteiger partial charge is 0.444 e. The molecule has 1 aliphatic rings. The van der Waals surface area contributed by atoms with Gasteiger partial charge in [-0.25, -0.2) is 14.2 Å². The first-order valence-corrected chi connectivity index (χ1v) is 10.4. The molecule has 0 unspecified atom stereocenters. The number of ether oxygens (including phenoxy) is 1. The highest BCUT2D eigenvalue weighted by Gasteiger charge is 2.15. The highest BCUT2D eigenvalue weighted by molar-refractivity contribution is 6.42. The number of aromatic nitrogens is 2. The number of benzene rings is 1. The van der Waals surface area contributed by atoms with Crippen molar-refractivity contribution in [3.63, 3.8) is 0 Å². The van der Waals surface area contributed by atoms with Gasteiger partial charge in [0.05, 0.1) is 16.2 Å². The van der Waals surface area contributed by atoms with Gasteiger partial charge in [0.1, 0.15) is 5.60 Å². The van der Waals surface area contributed by atoms with E-state index in [4.69, 9.17) is 27.9 Å². The van der Waals surface area contributed by atoms with E-state index >= 15 is 0 Å². The summed E-state index contributed by atoms with van der Waals surface area (Å²) in [6, 6.07) is 4.84. The molecule has 0 aliphatic heterocycles. The summed E-state index contributed by atoms with van der Waals surface area (Å²) in [5.41, 5.74) is 1.58. The van der Waals surface area contributed by atoms with E-state index in [1.165, 1.54) is 0 Å². The number of halogens is 3. The van der Waals surface area contributed by atoms with Crippen molar-refractivity contribution in [3.05, 3.63) is 76.0 Å². The van der Waals surface area contributed by atoms with Crippen molar-refractivity contribution in [1.29, 1.82) is 0 Å². The van der Waals surface area contributed by atoms with Crippen LogP contribution in [-0.2, 0) is 4.74 Å². The second kappa shape index (κ2) is 10.0. The quantitative estimate of drug-likeness (QED) is 0.466. The maximum atomic E-state index is 14.2.